The third-order valence-corrected chi connectivity index (χ3v) is 4.67. The van der Waals surface area contributed by atoms with Crippen molar-refractivity contribution in [3.63, 3.8) is 0 Å². The fraction of sp³-hybridized carbons (Fsp3) is 0.278. The summed E-state index contributed by atoms with van der Waals surface area (Å²) < 4.78 is 0. The summed E-state index contributed by atoms with van der Waals surface area (Å²) in [5, 5.41) is 20.5. The van der Waals surface area contributed by atoms with Crippen molar-refractivity contribution >= 4 is 17.6 Å². The lowest BCUT2D eigenvalue weighted by Gasteiger charge is -2.17. The van der Waals surface area contributed by atoms with Crippen LogP contribution < -0.4 is 0 Å². The van der Waals surface area contributed by atoms with Crippen molar-refractivity contribution < 1.29 is 19.6 Å². The molecule has 1 aromatic carbocycles. The molecule has 0 saturated carbocycles. The van der Waals surface area contributed by atoms with E-state index in [2.05, 4.69) is 4.98 Å². The molecule has 0 bridgehead atoms. The lowest BCUT2D eigenvalue weighted by atomic mass is 9.89. The van der Waals surface area contributed by atoms with Gasteiger partial charge in [0.2, 0.25) is 0 Å². The molecule has 1 amide bonds. The van der Waals surface area contributed by atoms with E-state index in [-0.39, 0.29) is 30.3 Å². The smallest absolute Gasteiger partial charge is 0.308 e. The highest BCUT2D eigenvalue weighted by molar-refractivity contribution is 5.96. The molecule has 2 unspecified atom stereocenters. The van der Waals surface area contributed by atoms with Gasteiger partial charge >= 0.3 is 5.97 Å². The maximum atomic E-state index is 12.9. The van der Waals surface area contributed by atoms with Gasteiger partial charge in [0.25, 0.3) is 11.6 Å². The summed E-state index contributed by atoms with van der Waals surface area (Å²) in [5.41, 5.74) is 1.07. The summed E-state index contributed by atoms with van der Waals surface area (Å²) in [6.07, 6.45) is 1.10. The second kappa shape index (κ2) is 6.91. The van der Waals surface area contributed by atoms with E-state index in [0.717, 1.165) is 11.8 Å². The van der Waals surface area contributed by atoms with Crippen LogP contribution in [0, 0.1) is 23.0 Å². The van der Waals surface area contributed by atoms with Gasteiger partial charge in [-0.1, -0.05) is 30.3 Å². The molecule has 134 valence electrons. The van der Waals surface area contributed by atoms with Gasteiger partial charge in [0.1, 0.15) is 6.20 Å². The molecular weight excluding hydrogens is 338 g/mol. The lowest BCUT2D eigenvalue weighted by molar-refractivity contribution is -0.385. The fourth-order valence-electron chi connectivity index (χ4n) is 3.27. The number of aryl methyl sites for hydroxylation is 1. The van der Waals surface area contributed by atoms with Crippen molar-refractivity contribution in [2.75, 3.05) is 13.1 Å². The zero-order valence-electron chi connectivity index (χ0n) is 14.0. The second-order valence-corrected chi connectivity index (χ2v) is 6.26. The number of amides is 1. The number of carboxylic acids is 1. The maximum Gasteiger partial charge on any atom is 0.308 e. The minimum Gasteiger partial charge on any atom is -0.481 e. The lowest BCUT2D eigenvalue weighted by Crippen LogP contribution is -2.30. The summed E-state index contributed by atoms with van der Waals surface area (Å²) in [4.78, 5) is 40.2. The van der Waals surface area contributed by atoms with Crippen LogP contribution in [-0.4, -0.2) is 44.9 Å². The molecule has 2 aromatic rings. The van der Waals surface area contributed by atoms with Gasteiger partial charge < -0.3 is 10.0 Å². The Kier molecular flexibility index (Phi) is 4.66. The molecule has 0 spiro atoms. The van der Waals surface area contributed by atoms with Crippen LogP contribution in [0.2, 0.25) is 0 Å². The molecule has 1 saturated heterocycles. The van der Waals surface area contributed by atoms with E-state index < -0.39 is 22.7 Å². The van der Waals surface area contributed by atoms with Gasteiger partial charge in [-0.25, -0.2) is 0 Å². The van der Waals surface area contributed by atoms with Crippen molar-refractivity contribution in [3.05, 3.63) is 69.5 Å². The van der Waals surface area contributed by atoms with Gasteiger partial charge in [-0.05, 0) is 12.5 Å². The molecule has 1 aromatic heterocycles. The summed E-state index contributed by atoms with van der Waals surface area (Å²) >= 11 is 0. The highest BCUT2D eigenvalue weighted by Crippen LogP contribution is 2.34. The average Bonchev–Trinajstić information content (AvgIpc) is 3.08. The predicted octanol–water partition coefficient (Wildman–Crippen LogP) is 2.24. The SMILES string of the molecule is Cc1ncc([N+](=O)[O-])cc1C(=O)N1CC(C(=O)O)C(c2ccccc2)C1. The van der Waals surface area contributed by atoms with E-state index in [1.54, 1.807) is 6.92 Å². The number of carbonyl (C=O) groups is 2. The molecule has 26 heavy (non-hydrogen) atoms. The molecule has 0 aliphatic carbocycles. The van der Waals surface area contributed by atoms with Gasteiger partial charge in [-0.3, -0.25) is 24.7 Å². The number of benzene rings is 1. The van der Waals surface area contributed by atoms with E-state index in [1.807, 2.05) is 30.3 Å². The summed E-state index contributed by atoms with van der Waals surface area (Å²) in [7, 11) is 0. The number of aliphatic carboxylic acids is 1. The van der Waals surface area contributed by atoms with Gasteiger partial charge in [-0.15, -0.1) is 0 Å². The zero-order chi connectivity index (χ0) is 18.8. The summed E-state index contributed by atoms with van der Waals surface area (Å²) in [6, 6.07) is 10.4. The second-order valence-electron chi connectivity index (χ2n) is 6.26. The number of nitrogens with zero attached hydrogens (tertiary/aromatic N) is 3. The first-order chi connectivity index (χ1) is 12.4. The Hall–Kier alpha value is -3.29. The molecular formula is C18H17N3O5. The minimum atomic E-state index is -0.969. The number of hydrogen-bond acceptors (Lipinski definition) is 5. The van der Waals surface area contributed by atoms with Crippen LogP contribution in [0.4, 0.5) is 5.69 Å². The van der Waals surface area contributed by atoms with Crippen LogP contribution in [0.5, 0.6) is 0 Å². The van der Waals surface area contributed by atoms with Crippen LogP contribution in [0.25, 0.3) is 0 Å². The number of pyridine rings is 1. The maximum absolute atomic E-state index is 12.9. The minimum absolute atomic E-state index is 0.0514. The molecule has 1 fully saturated rings. The number of carbonyl (C=O) groups excluding carboxylic acids is 1. The Morgan fingerprint density at radius 3 is 2.58 bits per heavy atom. The van der Waals surface area contributed by atoms with Crippen LogP contribution in [0.1, 0.15) is 27.5 Å². The number of hydrogen-bond donors (Lipinski definition) is 1. The first-order valence-electron chi connectivity index (χ1n) is 8.06. The van der Waals surface area contributed by atoms with Crippen molar-refractivity contribution in [1.82, 2.24) is 9.88 Å². The molecule has 2 heterocycles. The molecule has 0 radical (unpaired) electrons. The quantitative estimate of drug-likeness (QED) is 0.664. The highest BCUT2D eigenvalue weighted by atomic mass is 16.6. The third-order valence-electron chi connectivity index (χ3n) is 4.67. The van der Waals surface area contributed by atoms with Crippen molar-refractivity contribution in [3.8, 4) is 0 Å². The Bertz CT molecular complexity index is 868. The van der Waals surface area contributed by atoms with Gasteiger partial charge in [-0.2, -0.15) is 0 Å². The van der Waals surface area contributed by atoms with Crippen LogP contribution in [0.3, 0.4) is 0 Å². The topological polar surface area (TPSA) is 114 Å². The van der Waals surface area contributed by atoms with Gasteiger partial charge in [0, 0.05) is 25.1 Å². The standard InChI is InChI=1S/C18H17N3O5/c1-11-14(7-13(8-19-11)21(25)26)17(22)20-9-15(16(10-20)18(23)24)12-5-3-2-4-6-12/h2-8,15-16H,9-10H2,1H3,(H,23,24). The van der Waals surface area contributed by atoms with Crippen LogP contribution in [0.15, 0.2) is 42.6 Å². The van der Waals surface area contributed by atoms with Crippen LogP contribution in [-0.2, 0) is 4.79 Å². The number of nitro groups is 1. The normalized spacial score (nSPS) is 19.3. The van der Waals surface area contributed by atoms with E-state index in [9.17, 15) is 24.8 Å². The third kappa shape index (κ3) is 3.26. The van der Waals surface area contributed by atoms with Crippen molar-refractivity contribution in [2.24, 2.45) is 5.92 Å². The van der Waals surface area contributed by atoms with Crippen molar-refractivity contribution in [1.29, 1.82) is 0 Å². The Morgan fingerprint density at radius 2 is 1.96 bits per heavy atom. The summed E-state index contributed by atoms with van der Waals surface area (Å²) in [5.74, 6) is -2.47. The monoisotopic (exact) mass is 355 g/mol. The first kappa shape index (κ1) is 17.5. The molecule has 1 aliphatic heterocycles. The molecule has 2 atom stereocenters. The average molecular weight is 355 g/mol. The largest absolute Gasteiger partial charge is 0.481 e. The number of likely N-dealkylation sites (tertiary alicyclic amines) is 1. The molecule has 8 nitrogen and oxygen atoms in total. The zero-order valence-corrected chi connectivity index (χ0v) is 14.0. The molecule has 1 aliphatic rings. The highest BCUT2D eigenvalue weighted by Gasteiger charge is 2.41. The Morgan fingerprint density at radius 1 is 1.27 bits per heavy atom. The van der Waals surface area contributed by atoms with Crippen molar-refractivity contribution in [2.45, 2.75) is 12.8 Å². The fourth-order valence-corrected chi connectivity index (χ4v) is 3.27. The van der Waals surface area contributed by atoms with Crippen LogP contribution >= 0.6 is 0 Å². The number of aromatic nitrogens is 1. The van der Waals surface area contributed by atoms with E-state index >= 15 is 0 Å². The Balaban J connectivity index is 1.91. The van der Waals surface area contributed by atoms with Gasteiger partial charge in [0.15, 0.2) is 0 Å². The molecule has 8 heteroatoms. The summed E-state index contributed by atoms with van der Waals surface area (Å²) in [6.45, 7) is 1.88. The first-order valence-corrected chi connectivity index (χ1v) is 8.06. The van der Waals surface area contributed by atoms with Gasteiger partial charge in [0.05, 0.1) is 22.1 Å². The van der Waals surface area contributed by atoms with E-state index in [1.165, 1.54) is 11.0 Å². The number of rotatable bonds is 4. The molecule has 3 rings (SSSR count). The Labute approximate surface area is 149 Å². The van der Waals surface area contributed by atoms with E-state index in [0.29, 0.717) is 5.69 Å². The molecule has 1 N–H and O–H groups in total. The van der Waals surface area contributed by atoms with E-state index in [4.69, 9.17) is 0 Å². The number of carboxylic acid groups (broad SMARTS) is 1. The predicted molar refractivity (Wildman–Crippen MR) is 91.8 cm³/mol.